The van der Waals surface area contributed by atoms with E-state index in [0.717, 1.165) is 62.6 Å². The molecule has 1 N–H and O–H groups in total. The number of hydrogen-bond donors (Lipinski definition) is 1. The maximum Gasteiger partial charge on any atom is 0.310 e. The molecule has 7 aliphatic rings. The van der Waals surface area contributed by atoms with Crippen LogP contribution in [0.25, 0.3) is 0 Å². The van der Waals surface area contributed by atoms with E-state index in [2.05, 4.69) is 58.8 Å². The number of allylic oxidation sites excluding steroid dienone is 1. The number of Topliss-reactive ketones (excluding diaryl/α,β-unsaturated/α-hetero) is 2. The molecule has 316 valence electrons. The lowest BCUT2D eigenvalue weighted by molar-refractivity contribution is -0.236. The van der Waals surface area contributed by atoms with E-state index in [9.17, 15) is 24.0 Å². The van der Waals surface area contributed by atoms with Gasteiger partial charge in [0.1, 0.15) is 12.2 Å². The van der Waals surface area contributed by atoms with Crippen LogP contribution in [0.2, 0.25) is 0 Å². The summed E-state index contributed by atoms with van der Waals surface area (Å²) in [6.07, 6.45) is 11.2. The van der Waals surface area contributed by atoms with Crippen molar-refractivity contribution in [2.75, 3.05) is 0 Å². The van der Waals surface area contributed by atoms with E-state index in [4.69, 9.17) is 9.47 Å². The second-order valence-corrected chi connectivity index (χ2v) is 22.4. The number of aryl methyl sites for hydroxylation is 1. The number of rotatable bonds is 10. The summed E-state index contributed by atoms with van der Waals surface area (Å²) >= 11 is 0. The van der Waals surface area contributed by atoms with Crippen molar-refractivity contribution in [1.29, 1.82) is 0 Å². The predicted octanol–water partition coefficient (Wildman–Crippen LogP) is 9.09. The van der Waals surface area contributed by atoms with Crippen LogP contribution in [0.3, 0.4) is 0 Å². The number of carbonyl (C=O) groups is 5. The zero-order chi connectivity index (χ0) is 42.0. The average molecular weight is 797 g/mol. The van der Waals surface area contributed by atoms with Crippen LogP contribution in [-0.2, 0) is 28.7 Å². The Bertz CT molecular complexity index is 1940. The van der Waals surface area contributed by atoms with E-state index in [0.29, 0.717) is 49.6 Å². The maximum absolute atomic E-state index is 14.5. The van der Waals surface area contributed by atoms with Crippen LogP contribution in [0.5, 0.6) is 0 Å². The van der Waals surface area contributed by atoms with Crippen molar-refractivity contribution < 1.29 is 33.4 Å². The SMILES string of the molecule is Cc1ccc(C(=O)CC2(C(=O)N[C@@]34CC[C@]5(C)[C@H](CC[C@@H]6[C@@]7(C)CC[C@H](OC(=O)[C@H]8C[C@@H](OC=O)C8(C)C)C(C)(C)[C@@H]7CC[C@]65C)C3=C(C(C)C)C(=O)C4)CC2)cn1. The summed E-state index contributed by atoms with van der Waals surface area (Å²) < 4.78 is 11.7. The number of hydrogen-bond acceptors (Lipinski definition) is 8. The maximum atomic E-state index is 14.5. The first-order chi connectivity index (χ1) is 27.1. The van der Waals surface area contributed by atoms with Gasteiger partial charge < -0.3 is 14.8 Å². The average Bonchev–Trinajstić information content (AvgIpc) is 3.87. The molecule has 6 saturated carbocycles. The van der Waals surface area contributed by atoms with Gasteiger partial charge in [0.05, 0.1) is 16.9 Å². The van der Waals surface area contributed by atoms with Crippen LogP contribution in [0, 0.1) is 69.0 Å². The topological polar surface area (TPSA) is 129 Å². The summed E-state index contributed by atoms with van der Waals surface area (Å²) in [5.41, 5.74) is 1.47. The molecule has 1 amide bonds. The number of pyridine rings is 1. The van der Waals surface area contributed by atoms with Crippen molar-refractivity contribution in [3.63, 3.8) is 0 Å². The van der Waals surface area contributed by atoms with Gasteiger partial charge in [0.15, 0.2) is 11.6 Å². The Kier molecular flexibility index (Phi) is 9.68. The fraction of sp³-hybridized carbons (Fsp3) is 0.755. The number of amides is 1. The summed E-state index contributed by atoms with van der Waals surface area (Å²) in [6.45, 7) is 22.9. The minimum atomic E-state index is -0.732. The van der Waals surface area contributed by atoms with Gasteiger partial charge in [-0.05, 0) is 141 Å². The molecule has 10 atom stereocenters. The molecular formula is C49H68N2O7. The first-order valence-electron chi connectivity index (χ1n) is 22.5. The molecule has 58 heavy (non-hydrogen) atoms. The Balaban J connectivity index is 1.04. The molecule has 7 aliphatic carbocycles. The summed E-state index contributed by atoms with van der Waals surface area (Å²) in [5.74, 6) is 0.718. The van der Waals surface area contributed by atoms with Crippen molar-refractivity contribution in [3.8, 4) is 0 Å². The quantitative estimate of drug-likeness (QED) is 0.141. The Morgan fingerprint density at radius 3 is 2.21 bits per heavy atom. The minimum Gasteiger partial charge on any atom is -0.464 e. The highest BCUT2D eigenvalue weighted by atomic mass is 16.6. The zero-order valence-electron chi connectivity index (χ0n) is 36.8. The van der Waals surface area contributed by atoms with Gasteiger partial charge in [-0.25, -0.2) is 0 Å². The molecule has 0 bridgehead atoms. The summed E-state index contributed by atoms with van der Waals surface area (Å²) in [6, 6.07) is 3.64. The van der Waals surface area contributed by atoms with Gasteiger partial charge in [-0.15, -0.1) is 0 Å². The molecule has 0 radical (unpaired) electrons. The van der Waals surface area contributed by atoms with Gasteiger partial charge >= 0.3 is 5.97 Å². The number of ketones is 2. The molecule has 9 heteroatoms. The number of carbonyl (C=O) groups excluding carboxylic acids is 5. The summed E-state index contributed by atoms with van der Waals surface area (Å²) in [4.78, 5) is 71.2. The highest BCUT2D eigenvalue weighted by molar-refractivity contribution is 6.04. The van der Waals surface area contributed by atoms with E-state index in [1.807, 2.05) is 26.8 Å². The van der Waals surface area contributed by atoms with Crippen molar-refractivity contribution in [1.82, 2.24) is 10.3 Å². The first-order valence-corrected chi connectivity index (χ1v) is 22.5. The molecule has 0 spiro atoms. The molecule has 0 aliphatic heterocycles. The van der Waals surface area contributed by atoms with E-state index in [1.165, 1.54) is 5.57 Å². The van der Waals surface area contributed by atoms with Crippen molar-refractivity contribution in [2.24, 2.45) is 62.1 Å². The largest absolute Gasteiger partial charge is 0.464 e. The van der Waals surface area contributed by atoms with Crippen LogP contribution < -0.4 is 5.32 Å². The van der Waals surface area contributed by atoms with Crippen molar-refractivity contribution >= 4 is 29.9 Å². The Morgan fingerprint density at radius 1 is 0.862 bits per heavy atom. The summed E-state index contributed by atoms with van der Waals surface area (Å²) in [7, 11) is 0. The predicted molar refractivity (Wildman–Crippen MR) is 220 cm³/mol. The fourth-order valence-electron chi connectivity index (χ4n) is 14.8. The zero-order valence-corrected chi connectivity index (χ0v) is 36.8. The molecule has 0 unspecified atom stereocenters. The second-order valence-electron chi connectivity index (χ2n) is 22.4. The van der Waals surface area contributed by atoms with Crippen LogP contribution >= 0.6 is 0 Å². The lowest BCUT2D eigenvalue weighted by Gasteiger charge is -2.72. The molecule has 1 heterocycles. The fourth-order valence-corrected chi connectivity index (χ4v) is 14.8. The normalized spacial score (nSPS) is 40.2. The molecule has 1 aromatic heterocycles. The van der Waals surface area contributed by atoms with Gasteiger partial charge in [-0.2, -0.15) is 0 Å². The lowest BCUT2D eigenvalue weighted by atomic mass is 9.33. The van der Waals surface area contributed by atoms with Gasteiger partial charge in [0.2, 0.25) is 5.91 Å². The molecular weight excluding hydrogens is 729 g/mol. The van der Waals surface area contributed by atoms with Crippen LogP contribution in [-0.4, -0.2) is 52.6 Å². The highest BCUT2D eigenvalue weighted by Gasteiger charge is 2.71. The Hall–Kier alpha value is -3.36. The van der Waals surface area contributed by atoms with E-state index in [-0.39, 0.29) is 81.5 Å². The minimum absolute atomic E-state index is 0.0212. The number of fused-ring (bicyclic) bond motifs is 7. The second kappa shape index (κ2) is 13.6. The highest BCUT2D eigenvalue weighted by Crippen LogP contribution is 2.76. The summed E-state index contributed by atoms with van der Waals surface area (Å²) in [5, 5.41) is 3.58. The van der Waals surface area contributed by atoms with Crippen LogP contribution in [0.4, 0.5) is 0 Å². The number of esters is 1. The molecule has 8 rings (SSSR count). The van der Waals surface area contributed by atoms with Gasteiger partial charge in [0.25, 0.3) is 6.47 Å². The number of nitrogens with one attached hydrogen (secondary N) is 1. The number of nitrogens with zero attached hydrogens (tertiary/aromatic N) is 1. The Morgan fingerprint density at radius 2 is 1.59 bits per heavy atom. The first kappa shape index (κ1) is 41.4. The monoisotopic (exact) mass is 797 g/mol. The molecule has 0 aromatic carbocycles. The van der Waals surface area contributed by atoms with E-state index < -0.39 is 16.4 Å². The van der Waals surface area contributed by atoms with E-state index >= 15 is 0 Å². The molecule has 1 aromatic rings. The third-order valence-corrected chi connectivity index (χ3v) is 18.7. The standard InChI is InChI=1S/C49H68N2O7/c1-28(2)39-34(54)25-49(51-42(56)48(20-21-48)24-33(53)30-12-11-29(3)50-26-30)22-19-46(9)31(40(39)49)13-14-36-45(8)17-16-37(44(6,7)35(45)15-18-47(36,46)10)58-41(55)32-23-38(57-27-52)43(32,4)5/h11-12,26-28,31-32,35-38H,13-25H2,1-10H3,(H,51,56)/t31-,32-,35+,36-,37+,38-,45+,46-,47-,49-/m1/s1. The van der Waals surface area contributed by atoms with Crippen LogP contribution in [0.1, 0.15) is 162 Å². The molecule has 0 saturated heterocycles. The van der Waals surface area contributed by atoms with Crippen molar-refractivity contribution in [3.05, 3.63) is 40.7 Å². The molecule has 6 fully saturated rings. The number of ether oxygens (including phenoxy) is 2. The van der Waals surface area contributed by atoms with Crippen LogP contribution in [0.15, 0.2) is 29.5 Å². The molecule has 9 nitrogen and oxygen atoms in total. The van der Waals surface area contributed by atoms with Crippen molar-refractivity contribution in [2.45, 2.75) is 170 Å². The van der Waals surface area contributed by atoms with Gasteiger partial charge in [-0.3, -0.25) is 29.0 Å². The third kappa shape index (κ3) is 5.87. The number of aromatic nitrogens is 1. The lowest BCUT2D eigenvalue weighted by Crippen LogP contribution is -2.67. The van der Waals surface area contributed by atoms with Gasteiger partial charge in [-0.1, -0.05) is 62.3 Å². The van der Waals surface area contributed by atoms with Gasteiger partial charge in [0, 0.05) is 41.1 Å². The Labute approximate surface area is 346 Å². The third-order valence-electron chi connectivity index (χ3n) is 18.7. The van der Waals surface area contributed by atoms with E-state index in [1.54, 1.807) is 12.3 Å². The smallest absolute Gasteiger partial charge is 0.310 e.